The van der Waals surface area contributed by atoms with Gasteiger partial charge in [0.2, 0.25) is 5.91 Å². The molecule has 3 nitrogen and oxygen atoms in total. The molecule has 1 amide bonds. The van der Waals surface area contributed by atoms with Crippen molar-refractivity contribution in [2.45, 2.75) is 38.2 Å². The number of benzene rings is 1. The Bertz CT molecular complexity index is 622. The summed E-state index contributed by atoms with van der Waals surface area (Å²) in [6, 6.07) is 8.43. The van der Waals surface area contributed by atoms with Crippen LogP contribution in [0.5, 0.6) is 0 Å². The highest BCUT2D eigenvalue weighted by Gasteiger charge is 2.21. The molecule has 3 rings (SSSR count). The fourth-order valence-corrected chi connectivity index (χ4v) is 3.99. The Morgan fingerprint density at radius 1 is 1.38 bits per heavy atom. The van der Waals surface area contributed by atoms with E-state index in [0.717, 1.165) is 32.2 Å². The Morgan fingerprint density at radius 3 is 3.10 bits per heavy atom. The van der Waals surface area contributed by atoms with Gasteiger partial charge >= 0.3 is 0 Å². The molecule has 21 heavy (non-hydrogen) atoms. The first-order valence-corrected chi connectivity index (χ1v) is 8.53. The molecule has 2 aromatic rings. The molecule has 1 aromatic carbocycles. The number of aryl methyl sites for hydroxylation is 1. The lowest BCUT2D eigenvalue weighted by atomic mass is 10.1. The molecular weight excluding hydrogens is 282 g/mol. The van der Waals surface area contributed by atoms with Crippen molar-refractivity contribution in [2.24, 2.45) is 0 Å². The summed E-state index contributed by atoms with van der Waals surface area (Å²) in [5, 5.41) is 13.2. The average Bonchev–Trinajstić information content (AvgIpc) is 2.91. The van der Waals surface area contributed by atoms with Crippen molar-refractivity contribution in [3.8, 4) is 0 Å². The molecule has 1 aliphatic rings. The van der Waals surface area contributed by atoms with Gasteiger partial charge in [-0.25, -0.2) is 0 Å². The zero-order valence-electron chi connectivity index (χ0n) is 12.1. The molecule has 0 bridgehead atoms. The first kappa shape index (κ1) is 14.5. The van der Waals surface area contributed by atoms with E-state index in [4.69, 9.17) is 0 Å². The van der Waals surface area contributed by atoms with E-state index in [1.807, 2.05) is 4.90 Å². The number of hydrogen-bond donors (Lipinski definition) is 1. The summed E-state index contributed by atoms with van der Waals surface area (Å²) in [5.41, 5.74) is 1.35. The average molecular weight is 303 g/mol. The van der Waals surface area contributed by atoms with Crippen LogP contribution in [0.4, 0.5) is 0 Å². The summed E-state index contributed by atoms with van der Waals surface area (Å²) in [6.45, 7) is 1.32. The SMILES string of the molecule is O=C(CCCc1csc2ccccc12)N1CCCC(O)C1. The number of carbonyl (C=O) groups excluding carboxylic acids is 1. The van der Waals surface area contributed by atoms with E-state index in [2.05, 4.69) is 29.6 Å². The van der Waals surface area contributed by atoms with Gasteiger partial charge in [0.1, 0.15) is 0 Å². The second kappa shape index (κ2) is 6.58. The molecule has 1 fully saturated rings. The van der Waals surface area contributed by atoms with Crippen LogP contribution in [-0.4, -0.2) is 35.1 Å². The normalized spacial score (nSPS) is 19.1. The molecule has 0 saturated carbocycles. The Hall–Kier alpha value is -1.39. The molecule has 112 valence electrons. The van der Waals surface area contributed by atoms with Gasteiger partial charge in [-0.2, -0.15) is 0 Å². The summed E-state index contributed by atoms with van der Waals surface area (Å²) < 4.78 is 1.32. The number of nitrogens with zero attached hydrogens (tertiary/aromatic N) is 1. The van der Waals surface area contributed by atoms with Crippen molar-refractivity contribution in [3.05, 3.63) is 35.2 Å². The lowest BCUT2D eigenvalue weighted by Crippen LogP contribution is -2.42. The van der Waals surface area contributed by atoms with E-state index in [0.29, 0.717) is 13.0 Å². The predicted octanol–water partition coefficient (Wildman–Crippen LogP) is 3.21. The Balaban J connectivity index is 1.52. The minimum absolute atomic E-state index is 0.188. The van der Waals surface area contributed by atoms with Crippen molar-refractivity contribution >= 4 is 27.3 Å². The number of amides is 1. The number of aliphatic hydroxyl groups excluding tert-OH is 1. The third-order valence-electron chi connectivity index (χ3n) is 4.15. The number of hydrogen-bond acceptors (Lipinski definition) is 3. The number of thiophene rings is 1. The zero-order chi connectivity index (χ0) is 14.7. The van der Waals surface area contributed by atoms with Crippen molar-refractivity contribution < 1.29 is 9.90 Å². The molecule has 4 heteroatoms. The molecule has 0 spiro atoms. The van der Waals surface area contributed by atoms with Crippen LogP contribution in [0.15, 0.2) is 29.6 Å². The van der Waals surface area contributed by atoms with Crippen LogP contribution in [0.1, 0.15) is 31.2 Å². The maximum atomic E-state index is 12.2. The van der Waals surface area contributed by atoms with Crippen LogP contribution in [0.3, 0.4) is 0 Å². The summed E-state index contributed by atoms with van der Waals surface area (Å²) in [4.78, 5) is 14.0. The van der Waals surface area contributed by atoms with Gasteiger partial charge in [0.05, 0.1) is 6.10 Å². The molecule has 1 atom stereocenters. The van der Waals surface area contributed by atoms with Gasteiger partial charge in [-0.05, 0) is 48.1 Å². The highest BCUT2D eigenvalue weighted by atomic mass is 32.1. The molecule has 1 aromatic heterocycles. The largest absolute Gasteiger partial charge is 0.391 e. The lowest BCUT2D eigenvalue weighted by Gasteiger charge is -2.30. The third kappa shape index (κ3) is 3.44. The molecule has 1 N–H and O–H groups in total. The topological polar surface area (TPSA) is 40.5 Å². The van der Waals surface area contributed by atoms with Crippen LogP contribution in [0, 0.1) is 0 Å². The standard InChI is InChI=1S/C17H21NO2S/c19-14-6-4-10-18(11-14)17(20)9-3-5-13-12-21-16-8-2-1-7-15(13)16/h1-2,7-8,12,14,19H,3-6,9-11H2. The summed E-state index contributed by atoms with van der Waals surface area (Å²) in [5.74, 6) is 0.188. The first-order valence-electron chi connectivity index (χ1n) is 7.65. The van der Waals surface area contributed by atoms with Crippen LogP contribution < -0.4 is 0 Å². The quantitative estimate of drug-likeness (QED) is 0.942. The van der Waals surface area contributed by atoms with Gasteiger partial charge in [-0.15, -0.1) is 11.3 Å². The van der Waals surface area contributed by atoms with Gasteiger partial charge in [0, 0.05) is 24.2 Å². The Labute approximate surface area is 129 Å². The molecule has 0 aliphatic carbocycles. The van der Waals surface area contributed by atoms with Crippen molar-refractivity contribution in [3.63, 3.8) is 0 Å². The minimum Gasteiger partial charge on any atom is -0.391 e. The van der Waals surface area contributed by atoms with Gasteiger partial charge in [0.15, 0.2) is 0 Å². The molecule has 1 unspecified atom stereocenters. The van der Waals surface area contributed by atoms with Gasteiger partial charge in [0.25, 0.3) is 0 Å². The third-order valence-corrected chi connectivity index (χ3v) is 5.16. The number of likely N-dealkylation sites (tertiary alicyclic amines) is 1. The second-order valence-corrected chi connectivity index (χ2v) is 6.66. The monoisotopic (exact) mass is 303 g/mol. The van der Waals surface area contributed by atoms with E-state index < -0.39 is 0 Å². The Morgan fingerprint density at radius 2 is 2.24 bits per heavy atom. The van der Waals surface area contributed by atoms with Crippen LogP contribution in [0.2, 0.25) is 0 Å². The highest BCUT2D eigenvalue weighted by Crippen LogP contribution is 2.26. The number of fused-ring (bicyclic) bond motifs is 1. The number of β-amino-alcohol motifs (C(OH)–C–C–N with tert-alkyl or cyclic N) is 1. The highest BCUT2D eigenvalue weighted by molar-refractivity contribution is 7.17. The fraction of sp³-hybridized carbons (Fsp3) is 0.471. The van der Waals surface area contributed by atoms with Crippen molar-refractivity contribution in [1.29, 1.82) is 0 Å². The molecular formula is C17H21NO2S. The number of carbonyl (C=O) groups is 1. The smallest absolute Gasteiger partial charge is 0.222 e. The molecule has 0 radical (unpaired) electrons. The van der Waals surface area contributed by atoms with Gasteiger partial charge in [-0.1, -0.05) is 18.2 Å². The van der Waals surface area contributed by atoms with Crippen LogP contribution in [-0.2, 0) is 11.2 Å². The van der Waals surface area contributed by atoms with Crippen LogP contribution in [0.25, 0.3) is 10.1 Å². The van der Waals surface area contributed by atoms with Crippen molar-refractivity contribution in [2.75, 3.05) is 13.1 Å². The number of aliphatic hydroxyl groups is 1. The van der Waals surface area contributed by atoms with E-state index >= 15 is 0 Å². The maximum Gasteiger partial charge on any atom is 0.222 e. The van der Waals surface area contributed by atoms with E-state index in [9.17, 15) is 9.90 Å². The van der Waals surface area contributed by atoms with Crippen LogP contribution >= 0.6 is 11.3 Å². The Kier molecular flexibility index (Phi) is 4.56. The molecule has 1 saturated heterocycles. The summed E-state index contributed by atoms with van der Waals surface area (Å²) >= 11 is 1.77. The minimum atomic E-state index is -0.330. The first-order chi connectivity index (χ1) is 10.2. The number of piperidine rings is 1. The van der Waals surface area contributed by atoms with E-state index in [1.165, 1.54) is 15.6 Å². The number of rotatable bonds is 4. The maximum absolute atomic E-state index is 12.2. The second-order valence-electron chi connectivity index (χ2n) is 5.75. The molecule has 2 heterocycles. The molecule has 1 aliphatic heterocycles. The van der Waals surface area contributed by atoms with Gasteiger partial charge < -0.3 is 10.0 Å². The predicted molar refractivity (Wildman–Crippen MR) is 86.6 cm³/mol. The van der Waals surface area contributed by atoms with E-state index in [1.54, 1.807) is 11.3 Å². The van der Waals surface area contributed by atoms with Crippen molar-refractivity contribution in [1.82, 2.24) is 4.90 Å². The lowest BCUT2D eigenvalue weighted by molar-refractivity contribution is -0.134. The zero-order valence-corrected chi connectivity index (χ0v) is 12.9. The van der Waals surface area contributed by atoms with E-state index in [-0.39, 0.29) is 12.0 Å². The van der Waals surface area contributed by atoms with Gasteiger partial charge in [-0.3, -0.25) is 4.79 Å². The summed E-state index contributed by atoms with van der Waals surface area (Å²) in [6.07, 6.45) is 3.82. The summed E-state index contributed by atoms with van der Waals surface area (Å²) in [7, 11) is 0. The fourth-order valence-electron chi connectivity index (χ4n) is 3.00.